The van der Waals surface area contributed by atoms with Crippen LogP contribution in [0.5, 0.6) is 0 Å². The van der Waals surface area contributed by atoms with Crippen LogP contribution < -0.4 is 5.32 Å². The van der Waals surface area contributed by atoms with Gasteiger partial charge in [-0.05, 0) is 19.1 Å². The van der Waals surface area contributed by atoms with Crippen LogP contribution in [-0.4, -0.2) is 23.1 Å². The lowest BCUT2D eigenvalue weighted by Gasteiger charge is -2.05. The molecule has 1 aliphatic heterocycles. The van der Waals surface area contributed by atoms with E-state index in [0.29, 0.717) is 22.4 Å². The van der Waals surface area contributed by atoms with Crippen LogP contribution in [0.25, 0.3) is 0 Å². The molecule has 0 radical (unpaired) electrons. The van der Waals surface area contributed by atoms with Crippen LogP contribution in [0.15, 0.2) is 89.1 Å². The molecule has 28 heavy (non-hydrogen) atoms. The first kappa shape index (κ1) is 17.5. The zero-order valence-electron chi connectivity index (χ0n) is 15.2. The molecule has 1 heterocycles. The quantitative estimate of drug-likeness (QED) is 0.430. The third-order valence-corrected chi connectivity index (χ3v) is 4.44. The van der Waals surface area contributed by atoms with Crippen LogP contribution in [-0.2, 0) is 4.79 Å². The number of ketones is 1. The molecule has 3 aromatic carbocycles. The minimum Gasteiger partial charge on any atom is -0.320 e. The van der Waals surface area contributed by atoms with Crippen molar-refractivity contribution in [3.05, 3.63) is 101 Å². The molecule has 0 saturated carbocycles. The molecule has 0 spiro atoms. The van der Waals surface area contributed by atoms with Gasteiger partial charge in [0.15, 0.2) is 5.71 Å². The number of rotatable bonds is 4. The second-order valence-electron chi connectivity index (χ2n) is 6.46. The number of amides is 1. The maximum Gasteiger partial charge on any atom is 0.276 e. The predicted molar refractivity (Wildman–Crippen MR) is 110 cm³/mol. The van der Waals surface area contributed by atoms with Gasteiger partial charge < -0.3 is 5.32 Å². The van der Waals surface area contributed by atoms with Crippen molar-refractivity contribution in [2.45, 2.75) is 6.92 Å². The Hall–Kier alpha value is -3.86. The second-order valence-corrected chi connectivity index (χ2v) is 6.46. The Morgan fingerprint density at radius 3 is 2.18 bits per heavy atom. The summed E-state index contributed by atoms with van der Waals surface area (Å²) in [5.41, 5.74) is 3.94. The Balaban J connectivity index is 1.81. The fourth-order valence-corrected chi connectivity index (χ4v) is 3.02. The standard InChI is InChI=1S/C23H17N3O2/c1-15-12-13-19-18(14-15)21(23(28)24-19)26-25-20(16-8-4-2-5-9-16)22(27)17-10-6-3-7-11-17/h2-14H,1H3,(H,24,26,28). The summed E-state index contributed by atoms with van der Waals surface area (Å²) in [7, 11) is 0. The molecule has 136 valence electrons. The molecule has 1 aliphatic rings. The maximum atomic E-state index is 13.0. The summed E-state index contributed by atoms with van der Waals surface area (Å²) >= 11 is 0. The number of carbonyl (C=O) groups is 2. The molecule has 1 amide bonds. The Labute approximate surface area is 162 Å². The van der Waals surface area contributed by atoms with Crippen molar-refractivity contribution in [2.24, 2.45) is 10.2 Å². The fourth-order valence-electron chi connectivity index (χ4n) is 3.02. The van der Waals surface area contributed by atoms with E-state index in [1.807, 2.05) is 49.4 Å². The Kier molecular flexibility index (Phi) is 4.64. The molecule has 0 aromatic heterocycles. The lowest BCUT2D eigenvalue weighted by Crippen LogP contribution is -2.17. The van der Waals surface area contributed by atoms with Crippen molar-refractivity contribution in [1.82, 2.24) is 0 Å². The Bertz CT molecular complexity index is 1120. The van der Waals surface area contributed by atoms with Gasteiger partial charge in [0.1, 0.15) is 5.71 Å². The highest BCUT2D eigenvalue weighted by molar-refractivity contribution is 6.54. The van der Waals surface area contributed by atoms with Gasteiger partial charge >= 0.3 is 0 Å². The first-order valence-corrected chi connectivity index (χ1v) is 8.86. The maximum absolute atomic E-state index is 13.0. The van der Waals surface area contributed by atoms with E-state index in [4.69, 9.17) is 0 Å². The first-order valence-electron chi connectivity index (χ1n) is 8.86. The van der Waals surface area contributed by atoms with Crippen molar-refractivity contribution in [2.75, 3.05) is 5.32 Å². The lowest BCUT2D eigenvalue weighted by molar-refractivity contribution is -0.110. The first-order chi connectivity index (χ1) is 13.6. The zero-order chi connectivity index (χ0) is 19.5. The number of Topliss-reactive ketones (excluding diaryl/α,β-unsaturated/α-hetero) is 1. The van der Waals surface area contributed by atoms with Crippen LogP contribution in [0.4, 0.5) is 5.69 Å². The fraction of sp³-hybridized carbons (Fsp3) is 0.0435. The van der Waals surface area contributed by atoms with Crippen LogP contribution in [0, 0.1) is 6.92 Å². The number of nitrogens with zero attached hydrogens (tertiary/aromatic N) is 2. The van der Waals surface area contributed by atoms with Crippen LogP contribution in [0.3, 0.4) is 0 Å². The third kappa shape index (κ3) is 3.38. The minimum absolute atomic E-state index is 0.188. The van der Waals surface area contributed by atoms with Crippen molar-refractivity contribution in [3.63, 3.8) is 0 Å². The molecule has 0 fully saturated rings. The zero-order valence-corrected chi connectivity index (χ0v) is 15.2. The number of carbonyl (C=O) groups excluding carboxylic acids is 2. The summed E-state index contributed by atoms with van der Waals surface area (Å²) in [5.74, 6) is -0.581. The van der Waals surface area contributed by atoms with Gasteiger partial charge in [-0.2, -0.15) is 0 Å². The molecule has 3 aromatic rings. The topological polar surface area (TPSA) is 70.9 Å². The molecular weight excluding hydrogens is 350 g/mol. The normalized spacial score (nSPS) is 14.7. The van der Waals surface area contributed by atoms with Gasteiger partial charge in [0.05, 0.1) is 5.69 Å². The van der Waals surface area contributed by atoms with Crippen LogP contribution >= 0.6 is 0 Å². The van der Waals surface area contributed by atoms with Crippen molar-refractivity contribution < 1.29 is 9.59 Å². The number of hydrogen-bond acceptors (Lipinski definition) is 4. The average Bonchev–Trinajstić information content (AvgIpc) is 3.04. The summed E-state index contributed by atoms with van der Waals surface area (Å²) in [6, 6.07) is 23.7. The number of fused-ring (bicyclic) bond motifs is 1. The molecule has 4 rings (SSSR count). The number of benzene rings is 3. The number of nitrogens with one attached hydrogen (secondary N) is 1. The number of aryl methyl sites for hydroxylation is 1. The summed E-state index contributed by atoms with van der Waals surface area (Å²) < 4.78 is 0. The van der Waals surface area contributed by atoms with Gasteiger partial charge in [0.25, 0.3) is 5.91 Å². The highest BCUT2D eigenvalue weighted by Crippen LogP contribution is 2.24. The molecule has 0 unspecified atom stereocenters. The van der Waals surface area contributed by atoms with Gasteiger partial charge in [0.2, 0.25) is 5.78 Å². The van der Waals surface area contributed by atoms with E-state index in [-0.39, 0.29) is 23.1 Å². The van der Waals surface area contributed by atoms with E-state index in [9.17, 15) is 9.59 Å². The van der Waals surface area contributed by atoms with E-state index in [2.05, 4.69) is 15.5 Å². The largest absolute Gasteiger partial charge is 0.320 e. The predicted octanol–water partition coefficient (Wildman–Crippen LogP) is 4.02. The van der Waals surface area contributed by atoms with Crippen molar-refractivity contribution in [3.8, 4) is 0 Å². The minimum atomic E-state index is -0.330. The molecule has 0 aliphatic carbocycles. The summed E-state index contributed by atoms with van der Waals surface area (Å²) in [6.45, 7) is 1.94. The van der Waals surface area contributed by atoms with Gasteiger partial charge in [-0.25, -0.2) is 0 Å². The lowest BCUT2D eigenvalue weighted by atomic mass is 10.0. The van der Waals surface area contributed by atoms with E-state index in [1.54, 1.807) is 36.4 Å². The third-order valence-electron chi connectivity index (χ3n) is 4.44. The highest BCUT2D eigenvalue weighted by Gasteiger charge is 2.26. The molecular formula is C23H17N3O2. The van der Waals surface area contributed by atoms with Crippen molar-refractivity contribution in [1.29, 1.82) is 0 Å². The van der Waals surface area contributed by atoms with E-state index >= 15 is 0 Å². The van der Waals surface area contributed by atoms with E-state index < -0.39 is 0 Å². The van der Waals surface area contributed by atoms with Crippen LogP contribution in [0.1, 0.15) is 27.0 Å². The average molecular weight is 367 g/mol. The molecule has 0 bridgehead atoms. The van der Waals surface area contributed by atoms with E-state index in [1.165, 1.54) is 0 Å². The summed E-state index contributed by atoms with van der Waals surface area (Å²) in [4.78, 5) is 25.4. The highest BCUT2D eigenvalue weighted by atomic mass is 16.2. The molecule has 5 heteroatoms. The molecule has 1 N–H and O–H groups in total. The monoisotopic (exact) mass is 367 g/mol. The van der Waals surface area contributed by atoms with Gasteiger partial charge in [-0.15, -0.1) is 10.2 Å². The van der Waals surface area contributed by atoms with Gasteiger partial charge in [0, 0.05) is 16.7 Å². The molecule has 5 nitrogen and oxygen atoms in total. The number of anilines is 1. The number of hydrogen-bond donors (Lipinski definition) is 1. The van der Waals surface area contributed by atoms with Crippen molar-refractivity contribution >= 4 is 28.8 Å². The van der Waals surface area contributed by atoms with E-state index in [0.717, 1.165) is 5.56 Å². The molecule has 0 saturated heterocycles. The van der Waals surface area contributed by atoms with Crippen LogP contribution in [0.2, 0.25) is 0 Å². The Morgan fingerprint density at radius 1 is 0.857 bits per heavy atom. The van der Waals surface area contributed by atoms with Gasteiger partial charge in [-0.3, -0.25) is 9.59 Å². The molecule has 0 atom stereocenters. The summed E-state index contributed by atoms with van der Waals surface area (Å²) in [6.07, 6.45) is 0. The summed E-state index contributed by atoms with van der Waals surface area (Å²) in [5, 5.41) is 11.2. The smallest absolute Gasteiger partial charge is 0.276 e. The Morgan fingerprint density at radius 2 is 1.50 bits per heavy atom. The SMILES string of the molecule is Cc1ccc2c(c1)C(=NN=C(C(=O)c1ccccc1)c1ccccc1)C(=O)N2. The van der Waals surface area contributed by atoms with Gasteiger partial charge in [-0.1, -0.05) is 72.3 Å². The second kappa shape index (κ2) is 7.40.